The molecule has 1 amide bonds. The highest BCUT2D eigenvalue weighted by Crippen LogP contribution is 2.37. The van der Waals surface area contributed by atoms with E-state index in [-0.39, 0.29) is 23.6 Å². The quantitative estimate of drug-likeness (QED) is 0.771. The molecule has 1 saturated heterocycles. The molecular weight excluding hydrogens is 332 g/mol. The molecule has 1 aliphatic heterocycles. The van der Waals surface area contributed by atoms with Crippen LogP contribution in [0.25, 0.3) is 0 Å². The van der Waals surface area contributed by atoms with Crippen molar-refractivity contribution < 1.29 is 17.9 Å². The zero-order valence-corrected chi connectivity index (χ0v) is 14.6. The summed E-state index contributed by atoms with van der Waals surface area (Å²) in [4.78, 5) is 20.8. The number of rotatable bonds is 6. The summed E-state index contributed by atoms with van der Waals surface area (Å²) in [5.41, 5.74) is 0.375. The third kappa shape index (κ3) is 3.90. The maximum Gasteiger partial charge on any atom is 0.254 e. The van der Waals surface area contributed by atoms with Crippen molar-refractivity contribution in [1.82, 2.24) is 19.6 Å². The van der Waals surface area contributed by atoms with Crippen molar-refractivity contribution in [2.45, 2.75) is 24.8 Å². The van der Waals surface area contributed by atoms with Gasteiger partial charge in [-0.3, -0.25) is 4.79 Å². The van der Waals surface area contributed by atoms with Gasteiger partial charge in [0.25, 0.3) is 5.91 Å². The van der Waals surface area contributed by atoms with E-state index in [1.54, 1.807) is 0 Å². The van der Waals surface area contributed by atoms with Gasteiger partial charge in [-0.25, -0.2) is 22.7 Å². The van der Waals surface area contributed by atoms with Crippen LogP contribution in [0.4, 0.5) is 0 Å². The van der Waals surface area contributed by atoms with Crippen molar-refractivity contribution in [2.24, 2.45) is 5.92 Å². The van der Waals surface area contributed by atoms with Gasteiger partial charge >= 0.3 is 0 Å². The zero-order chi connectivity index (χ0) is 17.3. The lowest BCUT2D eigenvalue weighted by Crippen LogP contribution is -2.43. The van der Waals surface area contributed by atoms with Crippen LogP contribution < -0.4 is 5.32 Å². The van der Waals surface area contributed by atoms with Crippen molar-refractivity contribution >= 4 is 15.9 Å². The molecule has 1 aromatic rings. The van der Waals surface area contributed by atoms with E-state index < -0.39 is 10.0 Å². The highest BCUT2D eigenvalue weighted by Gasteiger charge is 2.34. The number of hydrogen-bond acceptors (Lipinski definition) is 6. The topological polar surface area (TPSA) is 101 Å². The Morgan fingerprint density at radius 1 is 1.29 bits per heavy atom. The van der Waals surface area contributed by atoms with Gasteiger partial charge in [-0.15, -0.1) is 0 Å². The molecule has 1 aromatic heterocycles. The highest BCUT2D eigenvalue weighted by atomic mass is 32.2. The van der Waals surface area contributed by atoms with Crippen molar-refractivity contribution in [3.63, 3.8) is 0 Å². The Morgan fingerprint density at radius 2 is 1.96 bits per heavy atom. The second-order valence-corrected chi connectivity index (χ2v) is 8.77. The minimum Gasteiger partial charge on any atom is -0.379 e. The standard InChI is InChI=1S/C15H22N4O4S/c1-19(2)24(21,22)9-12-7-23-8-13(12)18-15(20)11-5-16-14(17-6-11)10-3-4-10/h5-6,10,12-13H,3-4,7-9H2,1-2H3,(H,18,20)/t12-,13+/m0/s1. The monoisotopic (exact) mass is 354 g/mol. The van der Waals surface area contributed by atoms with Crippen LogP contribution in [-0.4, -0.2) is 67.7 Å². The van der Waals surface area contributed by atoms with Crippen LogP contribution in [0.2, 0.25) is 0 Å². The van der Waals surface area contributed by atoms with Gasteiger partial charge in [0, 0.05) is 38.3 Å². The van der Waals surface area contributed by atoms with Crippen LogP contribution in [0, 0.1) is 5.92 Å². The Bertz CT molecular complexity index is 701. The van der Waals surface area contributed by atoms with Gasteiger partial charge in [-0.1, -0.05) is 0 Å². The number of sulfonamides is 1. The maximum atomic E-state index is 12.3. The first-order valence-electron chi connectivity index (χ1n) is 7.97. The number of aromatic nitrogens is 2. The lowest BCUT2D eigenvalue weighted by Gasteiger charge is -2.21. The fourth-order valence-corrected chi connectivity index (χ4v) is 3.77. The van der Waals surface area contributed by atoms with E-state index in [1.165, 1.54) is 30.8 Å². The van der Waals surface area contributed by atoms with Crippen molar-refractivity contribution in [3.8, 4) is 0 Å². The van der Waals surface area contributed by atoms with Crippen molar-refractivity contribution in [3.05, 3.63) is 23.8 Å². The number of nitrogens with one attached hydrogen (secondary N) is 1. The van der Waals surface area contributed by atoms with Crippen LogP contribution in [0.1, 0.15) is 34.9 Å². The van der Waals surface area contributed by atoms with Gasteiger partial charge in [-0.2, -0.15) is 0 Å². The first-order valence-corrected chi connectivity index (χ1v) is 9.58. The van der Waals surface area contributed by atoms with E-state index in [9.17, 15) is 13.2 Å². The summed E-state index contributed by atoms with van der Waals surface area (Å²) in [5, 5.41) is 2.84. The average Bonchev–Trinajstić information content (AvgIpc) is 3.30. The molecule has 2 atom stereocenters. The molecule has 132 valence electrons. The number of nitrogens with zero attached hydrogens (tertiary/aromatic N) is 3. The summed E-state index contributed by atoms with van der Waals surface area (Å²) in [5.74, 6) is 0.590. The number of hydrogen-bond donors (Lipinski definition) is 1. The average molecular weight is 354 g/mol. The van der Waals surface area contributed by atoms with Gasteiger partial charge in [0.1, 0.15) is 5.82 Å². The first-order chi connectivity index (χ1) is 11.4. The minimum atomic E-state index is -3.35. The van der Waals surface area contributed by atoms with Gasteiger partial charge in [-0.05, 0) is 12.8 Å². The predicted octanol–water partition coefficient (Wildman–Crippen LogP) is -0.00980. The van der Waals surface area contributed by atoms with Crippen LogP contribution in [-0.2, 0) is 14.8 Å². The molecule has 1 N–H and O–H groups in total. The third-order valence-corrected chi connectivity index (χ3v) is 6.33. The molecule has 0 unspecified atom stereocenters. The summed E-state index contributed by atoms with van der Waals surface area (Å²) in [7, 11) is -0.351. The SMILES string of the molecule is CN(C)S(=O)(=O)C[C@@H]1COC[C@H]1NC(=O)c1cnc(C2CC2)nc1. The Labute approximate surface area is 141 Å². The summed E-state index contributed by atoms with van der Waals surface area (Å²) >= 11 is 0. The van der Waals surface area contributed by atoms with Crippen LogP contribution in [0.3, 0.4) is 0 Å². The number of amides is 1. The van der Waals surface area contributed by atoms with E-state index >= 15 is 0 Å². The van der Waals surface area contributed by atoms with Gasteiger partial charge < -0.3 is 10.1 Å². The molecule has 24 heavy (non-hydrogen) atoms. The number of carbonyl (C=O) groups excluding carboxylic acids is 1. The molecule has 9 heteroatoms. The second-order valence-electron chi connectivity index (χ2n) is 6.54. The van der Waals surface area contributed by atoms with Crippen molar-refractivity contribution in [1.29, 1.82) is 0 Å². The van der Waals surface area contributed by atoms with E-state index in [1.807, 2.05) is 0 Å². The fourth-order valence-electron chi connectivity index (χ4n) is 2.60. The molecule has 2 aliphatic rings. The fraction of sp³-hybridized carbons (Fsp3) is 0.667. The predicted molar refractivity (Wildman–Crippen MR) is 87.0 cm³/mol. The van der Waals surface area contributed by atoms with Crippen LogP contribution in [0.5, 0.6) is 0 Å². The molecule has 1 saturated carbocycles. The van der Waals surface area contributed by atoms with Crippen LogP contribution in [0.15, 0.2) is 12.4 Å². The zero-order valence-electron chi connectivity index (χ0n) is 13.8. The molecule has 3 rings (SSSR count). The summed E-state index contributed by atoms with van der Waals surface area (Å²) in [6, 6.07) is -0.338. The molecular formula is C15H22N4O4S. The lowest BCUT2D eigenvalue weighted by molar-refractivity contribution is 0.0925. The van der Waals surface area contributed by atoms with E-state index in [2.05, 4.69) is 15.3 Å². The van der Waals surface area contributed by atoms with Crippen molar-refractivity contribution in [2.75, 3.05) is 33.1 Å². The maximum absolute atomic E-state index is 12.3. The Kier molecular flexibility index (Phi) is 4.84. The highest BCUT2D eigenvalue weighted by molar-refractivity contribution is 7.89. The number of carbonyl (C=O) groups is 1. The Morgan fingerprint density at radius 3 is 2.54 bits per heavy atom. The van der Waals surface area contributed by atoms with E-state index in [0.717, 1.165) is 18.7 Å². The van der Waals surface area contributed by atoms with E-state index in [0.29, 0.717) is 24.7 Å². The largest absolute Gasteiger partial charge is 0.379 e. The van der Waals surface area contributed by atoms with Crippen LogP contribution >= 0.6 is 0 Å². The molecule has 0 aromatic carbocycles. The normalized spacial score (nSPS) is 24.3. The smallest absolute Gasteiger partial charge is 0.254 e. The third-order valence-electron chi connectivity index (χ3n) is 4.37. The van der Waals surface area contributed by atoms with Gasteiger partial charge in [0.15, 0.2) is 0 Å². The first kappa shape index (κ1) is 17.2. The minimum absolute atomic E-state index is 0.0535. The lowest BCUT2D eigenvalue weighted by atomic mass is 10.1. The number of ether oxygens (including phenoxy) is 1. The van der Waals surface area contributed by atoms with E-state index in [4.69, 9.17) is 4.74 Å². The van der Waals surface area contributed by atoms with Gasteiger partial charge in [0.2, 0.25) is 10.0 Å². The Hall–Kier alpha value is -1.58. The molecule has 2 heterocycles. The Balaban J connectivity index is 1.62. The molecule has 0 radical (unpaired) electrons. The summed E-state index contributed by atoms with van der Waals surface area (Å²) < 4.78 is 30.6. The molecule has 0 spiro atoms. The van der Waals surface area contributed by atoms with Gasteiger partial charge in [0.05, 0.1) is 30.6 Å². The summed E-state index contributed by atoms with van der Waals surface area (Å²) in [6.07, 6.45) is 5.26. The molecule has 2 fully saturated rings. The summed E-state index contributed by atoms with van der Waals surface area (Å²) in [6.45, 7) is 0.621. The molecule has 1 aliphatic carbocycles. The molecule has 0 bridgehead atoms. The second kappa shape index (κ2) is 6.73. The molecule has 8 nitrogen and oxygen atoms in total.